The smallest absolute Gasteiger partial charge is 0.250 e. The maximum Gasteiger partial charge on any atom is 0.250 e. The maximum atomic E-state index is 11.1. The Morgan fingerprint density at radius 3 is 2.93 bits per heavy atom. The van der Waals surface area contributed by atoms with E-state index in [1.54, 1.807) is 11.7 Å². The van der Waals surface area contributed by atoms with Crippen molar-refractivity contribution >= 4 is 17.8 Å². The number of aryl methyl sites for hydroxylation is 1. The fraction of sp³-hybridized carbons (Fsp3) is 0.650. The van der Waals surface area contributed by atoms with Crippen LogP contribution in [0.4, 0.5) is 11.9 Å². The van der Waals surface area contributed by atoms with Crippen molar-refractivity contribution in [1.29, 1.82) is 0 Å². The molecule has 0 bridgehead atoms. The number of nitrogens with zero attached hydrogens (tertiary/aromatic N) is 4. The van der Waals surface area contributed by atoms with Crippen LogP contribution in [0.25, 0.3) is 0 Å². The SMILES string of the molecule is CC(=O)Nc1nc(NCCCOC2C=CCC(CN3CCCCC3)=C2)n(C)n1. The fourth-order valence-electron chi connectivity index (χ4n) is 3.58. The topological polar surface area (TPSA) is 84.3 Å². The van der Waals surface area contributed by atoms with Crippen LogP contribution < -0.4 is 10.6 Å². The standard InChI is InChI=1S/C20H32N6O2/c1-16(27)22-19-23-20(25(2)24-19)21-10-7-13-28-18-9-6-8-17(14-18)15-26-11-4-3-5-12-26/h6,9,14,18H,3-5,7-8,10-13,15H2,1-2H3,(H2,21,22,23,24,27). The van der Waals surface area contributed by atoms with E-state index in [1.807, 2.05) is 0 Å². The number of amides is 1. The van der Waals surface area contributed by atoms with E-state index in [4.69, 9.17) is 4.74 Å². The van der Waals surface area contributed by atoms with Crippen LogP contribution in [0.2, 0.25) is 0 Å². The minimum absolute atomic E-state index is 0.0785. The number of rotatable bonds is 9. The summed E-state index contributed by atoms with van der Waals surface area (Å²) in [5, 5.41) is 9.94. The second-order valence-corrected chi connectivity index (χ2v) is 7.47. The first kappa shape index (κ1) is 20.5. The number of piperidine rings is 1. The summed E-state index contributed by atoms with van der Waals surface area (Å²) in [4.78, 5) is 17.9. The molecular formula is C20H32N6O2. The van der Waals surface area contributed by atoms with E-state index < -0.39 is 0 Å². The first-order valence-electron chi connectivity index (χ1n) is 10.2. The highest BCUT2D eigenvalue weighted by molar-refractivity contribution is 5.86. The number of anilines is 2. The molecular weight excluding hydrogens is 356 g/mol. The summed E-state index contributed by atoms with van der Waals surface area (Å²) in [6, 6.07) is 0. The Morgan fingerprint density at radius 2 is 2.14 bits per heavy atom. The van der Waals surface area contributed by atoms with Gasteiger partial charge in [-0.1, -0.05) is 30.2 Å². The van der Waals surface area contributed by atoms with Gasteiger partial charge in [-0.15, -0.1) is 5.10 Å². The Hall–Kier alpha value is -2.19. The van der Waals surface area contributed by atoms with Crippen molar-refractivity contribution in [3.05, 3.63) is 23.8 Å². The van der Waals surface area contributed by atoms with Gasteiger partial charge in [0, 0.05) is 33.7 Å². The van der Waals surface area contributed by atoms with Gasteiger partial charge in [0.25, 0.3) is 5.95 Å². The van der Waals surface area contributed by atoms with Gasteiger partial charge in [-0.3, -0.25) is 15.0 Å². The molecule has 2 heterocycles. The van der Waals surface area contributed by atoms with E-state index in [-0.39, 0.29) is 12.0 Å². The highest BCUT2D eigenvalue weighted by Gasteiger charge is 2.14. The number of hydrogen-bond acceptors (Lipinski definition) is 6. The minimum Gasteiger partial charge on any atom is -0.370 e. The lowest BCUT2D eigenvalue weighted by Gasteiger charge is -2.28. The highest BCUT2D eigenvalue weighted by Crippen LogP contribution is 2.18. The Morgan fingerprint density at radius 1 is 1.32 bits per heavy atom. The highest BCUT2D eigenvalue weighted by atomic mass is 16.5. The molecule has 8 heteroatoms. The molecule has 3 rings (SSSR count). The van der Waals surface area contributed by atoms with Gasteiger partial charge in [0.05, 0.1) is 6.10 Å². The molecule has 1 aromatic rings. The number of allylic oxidation sites excluding steroid dienone is 1. The Kier molecular flexibility index (Phi) is 7.62. The van der Waals surface area contributed by atoms with Crippen molar-refractivity contribution in [3.63, 3.8) is 0 Å². The molecule has 1 fully saturated rings. The molecule has 1 unspecified atom stereocenters. The third kappa shape index (κ3) is 6.45. The number of nitrogens with one attached hydrogen (secondary N) is 2. The maximum absolute atomic E-state index is 11.1. The summed E-state index contributed by atoms with van der Waals surface area (Å²) in [5.74, 6) is 0.760. The summed E-state index contributed by atoms with van der Waals surface area (Å²) >= 11 is 0. The van der Waals surface area contributed by atoms with E-state index in [0.29, 0.717) is 18.5 Å². The van der Waals surface area contributed by atoms with Gasteiger partial charge < -0.3 is 10.1 Å². The van der Waals surface area contributed by atoms with Gasteiger partial charge in [-0.25, -0.2) is 4.68 Å². The van der Waals surface area contributed by atoms with E-state index in [9.17, 15) is 4.79 Å². The second kappa shape index (κ2) is 10.4. The zero-order valence-corrected chi connectivity index (χ0v) is 17.0. The van der Waals surface area contributed by atoms with E-state index in [0.717, 1.165) is 25.9 Å². The normalized spacial score (nSPS) is 20.1. The summed E-state index contributed by atoms with van der Waals surface area (Å²) < 4.78 is 7.62. The molecule has 8 nitrogen and oxygen atoms in total. The molecule has 0 saturated carbocycles. The van der Waals surface area contributed by atoms with Crippen molar-refractivity contribution in [2.24, 2.45) is 7.05 Å². The van der Waals surface area contributed by atoms with Crippen molar-refractivity contribution in [3.8, 4) is 0 Å². The Labute approximate surface area is 167 Å². The minimum atomic E-state index is -0.182. The van der Waals surface area contributed by atoms with Gasteiger partial charge in [-0.2, -0.15) is 4.98 Å². The van der Waals surface area contributed by atoms with Gasteiger partial charge in [0.2, 0.25) is 11.9 Å². The van der Waals surface area contributed by atoms with Crippen LogP contribution in [0.15, 0.2) is 23.8 Å². The zero-order valence-electron chi connectivity index (χ0n) is 17.0. The molecule has 1 atom stereocenters. The molecule has 0 aromatic carbocycles. The van der Waals surface area contributed by atoms with Gasteiger partial charge in [0.1, 0.15) is 0 Å². The molecule has 0 spiro atoms. The molecule has 154 valence electrons. The molecule has 1 aliphatic heterocycles. The van der Waals surface area contributed by atoms with Crippen LogP contribution in [0.3, 0.4) is 0 Å². The van der Waals surface area contributed by atoms with Crippen molar-refractivity contribution in [1.82, 2.24) is 19.7 Å². The fourth-order valence-corrected chi connectivity index (χ4v) is 3.58. The zero-order chi connectivity index (χ0) is 19.8. The average Bonchev–Trinajstić information content (AvgIpc) is 3.01. The largest absolute Gasteiger partial charge is 0.370 e. The number of ether oxygens (including phenoxy) is 1. The lowest BCUT2D eigenvalue weighted by molar-refractivity contribution is -0.114. The number of carbonyl (C=O) groups is 1. The molecule has 1 aromatic heterocycles. The lowest BCUT2D eigenvalue weighted by atomic mass is 10.0. The van der Waals surface area contributed by atoms with Crippen molar-refractivity contribution in [2.75, 3.05) is 43.4 Å². The molecule has 0 radical (unpaired) electrons. The van der Waals surface area contributed by atoms with Crippen LogP contribution in [0, 0.1) is 0 Å². The summed E-state index contributed by atoms with van der Waals surface area (Å²) in [6.07, 6.45) is 12.7. The van der Waals surface area contributed by atoms with E-state index in [2.05, 4.69) is 43.8 Å². The average molecular weight is 389 g/mol. The van der Waals surface area contributed by atoms with Gasteiger partial charge >= 0.3 is 0 Å². The van der Waals surface area contributed by atoms with Crippen LogP contribution in [0.5, 0.6) is 0 Å². The molecule has 2 N–H and O–H groups in total. The van der Waals surface area contributed by atoms with Gasteiger partial charge in [-0.05, 0) is 38.8 Å². The van der Waals surface area contributed by atoms with E-state index in [1.165, 1.54) is 44.8 Å². The molecule has 1 amide bonds. The first-order chi connectivity index (χ1) is 13.6. The van der Waals surface area contributed by atoms with Crippen LogP contribution in [-0.2, 0) is 16.6 Å². The third-order valence-corrected chi connectivity index (χ3v) is 4.95. The summed E-state index contributed by atoms with van der Waals surface area (Å²) in [7, 11) is 1.79. The number of likely N-dealkylation sites (tertiary alicyclic amines) is 1. The molecule has 1 saturated heterocycles. The Balaban J connectivity index is 1.35. The predicted octanol–water partition coefficient (Wildman–Crippen LogP) is 2.33. The van der Waals surface area contributed by atoms with E-state index >= 15 is 0 Å². The van der Waals surface area contributed by atoms with Gasteiger partial charge in [0.15, 0.2) is 0 Å². The quantitative estimate of drug-likeness (QED) is 0.499. The monoisotopic (exact) mass is 388 g/mol. The van der Waals surface area contributed by atoms with Crippen molar-refractivity contribution < 1.29 is 9.53 Å². The molecule has 1 aliphatic carbocycles. The number of aromatic nitrogens is 3. The number of hydrogen-bond donors (Lipinski definition) is 2. The van der Waals surface area contributed by atoms with Crippen LogP contribution in [0.1, 0.15) is 39.0 Å². The van der Waals surface area contributed by atoms with Crippen LogP contribution in [-0.4, -0.2) is 64.5 Å². The number of carbonyl (C=O) groups excluding carboxylic acids is 1. The molecule has 28 heavy (non-hydrogen) atoms. The lowest BCUT2D eigenvalue weighted by Crippen LogP contribution is -2.32. The predicted molar refractivity (Wildman–Crippen MR) is 110 cm³/mol. The summed E-state index contributed by atoms with van der Waals surface area (Å²) in [6.45, 7) is 6.37. The summed E-state index contributed by atoms with van der Waals surface area (Å²) in [5.41, 5.74) is 1.47. The second-order valence-electron chi connectivity index (χ2n) is 7.47. The Bertz CT molecular complexity index is 706. The molecule has 2 aliphatic rings. The van der Waals surface area contributed by atoms with Crippen molar-refractivity contribution in [2.45, 2.75) is 45.1 Å². The first-order valence-corrected chi connectivity index (χ1v) is 10.2. The third-order valence-electron chi connectivity index (χ3n) is 4.95. The van der Waals surface area contributed by atoms with Crippen LogP contribution >= 0.6 is 0 Å².